The summed E-state index contributed by atoms with van der Waals surface area (Å²) in [4.78, 5) is 2.45. The van der Waals surface area contributed by atoms with Gasteiger partial charge >= 0.3 is 0 Å². The van der Waals surface area contributed by atoms with Gasteiger partial charge in [0, 0.05) is 12.5 Å². The first-order chi connectivity index (χ1) is 7.80. The van der Waals surface area contributed by atoms with Gasteiger partial charge in [-0.1, -0.05) is 13.8 Å². The predicted molar refractivity (Wildman–Crippen MR) is 67.7 cm³/mol. The molecule has 3 heteroatoms. The maximum Gasteiger partial charge on any atom is 0.105 e. The molecule has 0 fully saturated rings. The Kier molecular flexibility index (Phi) is 6.19. The Balaban J connectivity index is 2.31. The highest BCUT2D eigenvalue weighted by atomic mass is 16.3. The third-order valence-electron chi connectivity index (χ3n) is 3.12. The van der Waals surface area contributed by atoms with Gasteiger partial charge in [-0.25, -0.2) is 0 Å². The molecule has 3 nitrogen and oxygen atoms in total. The lowest BCUT2D eigenvalue weighted by Gasteiger charge is -2.21. The Morgan fingerprint density at radius 2 is 2.12 bits per heavy atom. The predicted octanol–water partition coefficient (Wildman–Crippen LogP) is 2.14. The second-order valence-corrected chi connectivity index (χ2v) is 4.08. The fourth-order valence-corrected chi connectivity index (χ4v) is 1.90. The number of hydrogen-bond acceptors (Lipinski definition) is 3. The van der Waals surface area contributed by atoms with Gasteiger partial charge in [-0.2, -0.15) is 0 Å². The van der Waals surface area contributed by atoms with E-state index in [1.165, 1.54) is 6.42 Å². The number of likely N-dealkylation sites (N-methyl/N-ethyl adjacent to an activating group) is 1. The van der Waals surface area contributed by atoms with E-state index in [0.717, 1.165) is 31.8 Å². The lowest BCUT2D eigenvalue weighted by atomic mass is 10.1. The minimum atomic E-state index is 0.506. The molecule has 0 aliphatic carbocycles. The second-order valence-electron chi connectivity index (χ2n) is 4.08. The van der Waals surface area contributed by atoms with Crippen LogP contribution < -0.4 is 5.32 Å². The van der Waals surface area contributed by atoms with Crippen molar-refractivity contribution in [1.82, 2.24) is 10.2 Å². The van der Waals surface area contributed by atoms with Gasteiger partial charge in [0.25, 0.3) is 0 Å². The van der Waals surface area contributed by atoms with Crippen LogP contribution in [0.3, 0.4) is 0 Å². The molecule has 92 valence electrons. The number of rotatable bonds is 8. The molecule has 0 bridgehead atoms. The summed E-state index contributed by atoms with van der Waals surface area (Å²) in [6.07, 6.45) is 3.89. The molecule has 0 amide bonds. The summed E-state index contributed by atoms with van der Waals surface area (Å²) in [6.45, 7) is 7.84. The van der Waals surface area contributed by atoms with Gasteiger partial charge in [-0.3, -0.25) is 0 Å². The average molecular weight is 224 g/mol. The number of nitrogens with one attached hydrogen (secondary N) is 1. The molecular formula is C13H24N2O. The van der Waals surface area contributed by atoms with Crippen molar-refractivity contribution in [3.8, 4) is 0 Å². The molecule has 1 N–H and O–H groups in total. The number of nitrogens with zero attached hydrogens (tertiary/aromatic N) is 1. The maximum atomic E-state index is 5.37. The molecule has 0 radical (unpaired) electrons. The summed E-state index contributed by atoms with van der Waals surface area (Å²) < 4.78 is 5.37. The van der Waals surface area contributed by atoms with Gasteiger partial charge in [0.05, 0.1) is 6.26 Å². The Morgan fingerprint density at radius 3 is 2.62 bits per heavy atom. The number of hydrogen-bond donors (Lipinski definition) is 1. The van der Waals surface area contributed by atoms with Crippen LogP contribution in [0.1, 0.15) is 26.0 Å². The monoisotopic (exact) mass is 224 g/mol. The summed E-state index contributed by atoms with van der Waals surface area (Å²) in [7, 11) is 2.02. The Hall–Kier alpha value is -0.800. The van der Waals surface area contributed by atoms with E-state index in [2.05, 4.69) is 24.1 Å². The van der Waals surface area contributed by atoms with E-state index >= 15 is 0 Å². The minimum Gasteiger partial charge on any atom is -0.469 e. The SMILES string of the molecule is CCN(CC)CCC(Cc1ccco1)NC. The fourth-order valence-electron chi connectivity index (χ4n) is 1.90. The summed E-state index contributed by atoms with van der Waals surface area (Å²) in [5.74, 6) is 1.07. The Morgan fingerprint density at radius 1 is 1.38 bits per heavy atom. The van der Waals surface area contributed by atoms with Gasteiger partial charge in [-0.15, -0.1) is 0 Å². The molecule has 0 spiro atoms. The standard InChI is InChI=1S/C13H24N2O/c1-4-15(5-2)9-8-12(14-3)11-13-7-6-10-16-13/h6-7,10,12,14H,4-5,8-9,11H2,1-3H3. The van der Waals surface area contributed by atoms with Crippen LogP contribution in [0.2, 0.25) is 0 Å². The summed E-state index contributed by atoms with van der Waals surface area (Å²) in [5, 5.41) is 3.36. The van der Waals surface area contributed by atoms with Gasteiger partial charge in [0.2, 0.25) is 0 Å². The van der Waals surface area contributed by atoms with Gasteiger partial charge < -0.3 is 14.6 Å². The van der Waals surface area contributed by atoms with Crippen molar-refractivity contribution in [3.63, 3.8) is 0 Å². The molecular weight excluding hydrogens is 200 g/mol. The van der Waals surface area contributed by atoms with Gasteiger partial charge in [0.1, 0.15) is 5.76 Å². The van der Waals surface area contributed by atoms with Crippen LogP contribution in [0.25, 0.3) is 0 Å². The zero-order valence-electron chi connectivity index (χ0n) is 10.7. The zero-order valence-corrected chi connectivity index (χ0v) is 10.7. The van der Waals surface area contributed by atoms with Crippen molar-refractivity contribution in [3.05, 3.63) is 24.2 Å². The van der Waals surface area contributed by atoms with E-state index < -0.39 is 0 Å². The molecule has 1 aromatic heterocycles. The Bertz CT molecular complexity index is 255. The van der Waals surface area contributed by atoms with Crippen molar-refractivity contribution in [2.45, 2.75) is 32.7 Å². The molecule has 1 rings (SSSR count). The lowest BCUT2D eigenvalue weighted by molar-refractivity contribution is 0.280. The molecule has 0 saturated heterocycles. The first kappa shape index (κ1) is 13.3. The van der Waals surface area contributed by atoms with E-state index in [9.17, 15) is 0 Å². The normalized spacial score (nSPS) is 13.2. The molecule has 1 aromatic rings. The topological polar surface area (TPSA) is 28.4 Å². The van der Waals surface area contributed by atoms with Crippen LogP contribution in [0.4, 0.5) is 0 Å². The third kappa shape index (κ3) is 4.37. The summed E-state index contributed by atoms with van der Waals surface area (Å²) in [5.41, 5.74) is 0. The molecule has 1 unspecified atom stereocenters. The van der Waals surface area contributed by atoms with Crippen LogP contribution in [0.5, 0.6) is 0 Å². The van der Waals surface area contributed by atoms with Crippen LogP contribution >= 0.6 is 0 Å². The fraction of sp³-hybridized carbons (Fsp3) is 0.692. The highest BCUT2D eigenvalue weighted by Crippen LogP contribution is 2.07. The molecule has 0 aromatic carbocycles. The van der Waals surface area contributed by atoms with Crippen molar-refractivity contribution in [1.29, 1.82) is 0 Å². The van der Waals surface area contributed by atoms with Crippen LogP contribution in [0, 0.1) is 0 Å². The smallest absolute Gasteiger partial charge is 0.105 e. The van der Waals surface area contributed by atoms with E-state index in [1.54, 1.807) is 6.26 Å². The molecule has 16 heavy (non-hydrogen) atoms. The van der Waals surface area contributed by atoms with Crippen molar-refractivity contribution in [2.24, 2.45) is 0 Å². The van der Waals surface area contributed by atoms with Gasteiger partial charge in [0.15, 0.2) is 0 Å². The molecule has 0 aliphatic rings. The zero-order chi connectivity index (χ0) is 11.8. The van der Waals surface area contributed by atoms with E-state index in [-0.39, 0.29) is 0 Å². The third-order valence-corrected chi connectivity index (χ3v) is 3.12. The van der Waals surface area contributed by atoms with Gasteiger partial charge in [-0.05, 0) is 45.2 Å². The minimum absolute atomic E-state index is 0.506. The number of furan rings is 1. The van der Waals surface area contributed by atoms with Crippen molar-refractivity contribution < 1.29 is 4.42 Å². The molecule has 0 aliphatic heterocycles. The second kappa shape index (κ2) is 7.47. The maximum absolute atomic E-state index is 5.37. The lowest BCUT2D eigenvalue weighted by Crippen LogP contribution is -2.33. The van der Waals surface area contributed by atoms with E-state index in [1.807, 2.05) is 19.2 Å². The largest absolute Gasteiger partial charge is 0.469 e. The van der Waals surface area contributed by atoms with Crippen molar-refractivity contribution in [2.75, 3.05) is 26.7 Å². The average Bonchev–Trinajstić information content (AvgIpc) is 2.81. The van der Waals surface area contributed by atoms with E-state index in [4.69, 9.17) is 4.42 Å². The molecule has 0 saturated carbocycles. The van der Waals surface area contributed by atoms with Crippen molar-refractivity contribution >= 4 is 0 Å². The van der Waals surface area contributed by atoms with Crippen LogP contribution in [-0.4, -0.2) is 37.6 Å². The quantitative estimate of drug-likeness (QED) is 0.733. The van der Waals surface area contributed by atoms with Crippen LogP contribution in [0.15, 0.2) is 22.8 Å². The molecule has 1 atom stereocenters. The van der Waals surface area contributed by atoms with E-state index in [0.29, 0.717) is 6.04 Å². The summed E-state index contributed by atoms with van der Waals surface area (Å²) in [6, 6.07) is 4.50. The first-order valence-corrected chi connectivity index (χ1v) is 6.22. The summed E-state index contributed by atoms with van der Waals surface area (Å²) >= 11 is 0. The Labute approximate surface area is 98.8 Å². The van der Waals surface area contributed by atoms with Crippen LogP contribution in [-0.2, 0) is 6.42 Å². The first-order valence-electron chi connectivity index (χ1n) is 6.22. The molecule has 1 heterocycles. The highest BCUT2D eigenvalue weighted by Gasteiger charge is 2.10. The highest BCUT2D eigenvalue weighted by molar-refractivity contribution is 5.00.